The van der Waals surface area contributed by atoms with Crippen molar-refractivity contribution in [2.75, 3.05) is 5.32 Å². The first-order valence-corrected chi connectivity index (χ1v) is 6.09. The molecule has 0 radical (unpaired) electrons. The maximum Gasteiger partial charge on any atom is 0.306 e. The number of carboxylic acid groups (broad SMARTS) is 1. The standard InChI is InChI=1S/C14H17NO3/c1-8(14(17)18)11-5-10-3-4-13(15-9(2)16)7-12(10)6-11/h3-4,7-8,11H,5-6H2,1-2H3,(H,15,16)(H,17,18). The van der Waals surface area contributed by atoms with Gasteiger partial charge >= 0.3 is 5.97 Å². The van der Waals surface area contributed by atoms with Gasteiger partial charge in [0, 0.05) is 12.6 Å². The number of aliphatic carboxylic acids is 1. The predicted molar refractivity (Wildman–Crippen MR) is 68.4 cm³/mol. The normalized spacial score (nSPS) is 19.1. The molecule has 0 fully saturated rings. The molecule has 4 heteroatoms. The second-order valence-electron chi connectivity index (χ2n) is 4.96. The highest BCUT2D eigenvalue weighted by atomic mass is 16.4. The van der Waals surface area contributed by atoms with Crippen molar-refractivity contribution in [1.82, 2.24) is 0 Å². The molecule has 1 aliphatic carbocycles. The van der Waals surface area contributed by atoms with E-state index in [1.54, 1.807) is 6.92 Å². The summed E-state index contributed by atoms with van der Waals surface area (Å²) in [5.41, 5.74) is 3.13. The van der Waals surface area contributed by atoms with Crippen molar-refractivity contribution in [3.63, 3.8) is 0 Å². The van der Waals surface area contributed by atoms with Crippen LogP contribution in [0.2, 0.25) is 0 Å². The van der Waals surface area contributed by atoms with Gasteiger partial charge < -0.3 is 10.4 Å². The molecule has 0 saturated heterocycles. The summed E-state index contributed by atoms with van der Waals surface area (Å²) in [6.07, 6.45) is 1.58. The summed E-state index contributed by atoms with van der Waals surface area (Å²) in [5.74, 6) is -1.01. The van der Waals surface area contributed by atoms with Crippen molar-refractivity contribution in [3.05, 3.63) is 29.3 Å². The number of carbonyl (C=O) groups excluding carboxylic acids is 1. The maximum absolute atomic E-state index is 11.0. The molecule has 0 heterocycles. The largest absolute Gasteiger partial charge is 0.481 e. The Morgan fingerprint density at radius 3 is 2.61 bits per heavy atom. The van der Waals surface area contributed by atoms with Gasteiger partial charge in [0.25, 0.3) is 0 Å². The fourth-order valence-corrected chi connectivity index (χ4v) is 2.49. The molecule has 2 atom stereocenters. The summed E-state index contributed by atoms with van der Waals surface area (Å²) >= 11 is 0. The smallest absolute Gasteiger partial charge is 0.306 e. The van der Waals surface area contributed by atoms with Gasteiger partial charge in [0.1, 0.15) is 0 Å². The Kier molecular flexibility index (Phi) is 3.36. The van der Waals surface area contributed by atoms with Crippen molar-refractivity contribution >= 4 is 17.6 Å². The number of carboxylic acids is 1. The monoisotopic (exact) mass is 247 g/mol. The third-order valence-electron chi connectivity index (χ3n) is 3.59. The quantitative estimate of drug-likeness (QED) is 0.859. The van der Waals surface area contributed by atoms with Crippen LogP contribution in [0.1, 0.15) is 25.0 Å². The van der Waals surface area contributed by atoms with Gasteiger partial charge in [-0.25, -0.2) is 0 Å². The summed E-state index contributed by atoms with van der Waals surface area (Å²) < 4.78 is 0. The molecule has 0 spiro atoms. The maximum atomic E-state index is 11.0. The fourth-order valence-electron chi connectivity index (χ4n) is 2.49. The predicted octanol–water partition coefficient (Wildman–Crippen LogP) is 2.08. The summed E-state index contributed by atoms with van der Waals surface area (Å²) in [4.78, 5) is 22.0. The zero-order valence-corrected chi connectivity index (χ0v) is 10.6. The molecule has 1 amide bonds. The summed E-state index contributed by atoms with van der Waals surface area (Å²) in [6.45, 7) is 3.23. The Morgan fingerprint density at radius 1 is 1.33 bits per heavy atom. The number of fused-ring (bicyclic) bond motifs is 1. The molecule has 4 nitrogen and oxygen atoms in total. The van der Waals surface area contributed by atoms with Crippen LogP contribution in [0.5, 0.6) is 0 Å². The van der Waals surface area contributed by atoms with Gasteiger partial charge in [-0.15, -0.1) is 0 Å². The third-order valence-corrected chi connectivity index (χ3v) is 3.59. The highest BCUT2D eigenvalue weighted by molar-refractivity contribution is 5.88. The lowest BCUT2D eigenvalue weighted by atomic mass is 9.91. The van der Waals surface area contributed by atoms with Crippen LogP contribution in [0.3, 0.4) is 0 Å². The molecular formula is C14H17NO3. The molecule has 2 N–H and O–H groups in total. The minimum Gasteiger partial charge on any atom is -0.481 e. The molecule has 0 bridgehead atoms. The van der Waals surface area contributed by atoms with E-state index < -0.39 is 5.97 Å². The number of benzene rings is 1. The summed E-state index contributed by atoms with van der Waals surface area (Å²) in [7, 11) is 0. The van der Waals surface area contributed by atoms with Crippen molar-refractivity contribution in [3.8, 4) is 0 Å². The van der Waals surface area contributed by atoms with Crippen molar-refractivity contribution in [1.29, 1.82) is 0 Å². The average Bonchev–Trinajstić information content (AvgIpc) is 2.69. The first kappa shape index (κ1) is 12.6. The Balaban J connectivity index is 2.15. The van der Waals surface area contributed by atoms with Crippen LogP contribution in [0.4, 0.5) is 5.69 Å². The third kappa shape index (κ3) is 2.53. The molecule has 2 rings (SSSR count). The molecule has 96 valence electrons. The van der Waals surface area contributed by atoms with Gasteiger partial charge in [-0.3, -0.25) is 9.59 Å². The van der Waals surface area contributed by atoms with Gasteiger partial charge in [0.05, 0.1) is 5.92 Å². The molecular weight excluding hydrogens is 230 g/mol. The second-order valence-corrected chi connectivity index (χ2v) is 4.96. The lowest BCUT2D eigenvalue weighted by molar-refractivity contribution is -0.142. The van der Waals surface area contributed by atoms with E-state index in [-0.39, 0.29) is 17.7 Å². The number of hydrogen-bond donors (Lipinski definition) is 2. The van der Waals surface area contributed by atoms with E-state index in [4.69, 9.17) is 5.11 Å². The van der Waals surface area contributed by atoms with Crippen LogP contribution < -0.4 is 5.32 Å². The van der Waals surface area contributed by atoms with Crippen LogP contribution in [-0.4, -0.2) is 17.0 Å². The molecule has 1 aromatic carbocycles. The van der Waals surface area contributed by atoms with Gasteiger partial charge in [-0.05, 0) is 42.0 Å². The minimum absolute atomic E-state index is 0.0941. The number of carbonyl (C=O) groups is 2. The summed E-state index contributed by atoms with van der Waals surface area (Å²) in [5, 5.41) is 11.8. The molecule has 1 aliphatic rings. The van der Waals surface area contributed by atoms with Crippen LogP contribution in [0.25, 0.3) is 0 Å². The van der Waals surface area contributed by atoms with E-state index in [1.165, 1.54) is 12.5 Å². The van der Waals surface area contributed by atoms with Gasteiger partial charge in [0.15, 0.2) is 0 Å². The van der Waals surface area contributed by atoms with E-state index in [9.17, 15) is 9.59 Å². The average molecular weight is 247 g/mol. The molecule has 2 unspecified atom stereocenters. The van der Waals surface area contributed by atoms with Crippen molar-refractivity contribution in [2.45, 2.75) is 26.7 Å². The van der Waals surface area contributed by atoms with Gasteiger partial charge in [-0.2, -0.15) is 0 Å². The SMILES string of the molecule is CC(=O)Nc1ccc2c(c1)CC(C(C)C(=O)O)C2. The number of rotatable bonds is 3. The highest BCUT2D eigenvalue weighted by Gasteiger charge is 2.30. The van der Waals surface area contributed by atoms with Crippen LogP contribution in [-0.2, 0) is 22.4 Å². The lowest BCUT2D eigenvalue weighted by Crippen LogP contribution is -2.20. The number of anilines is 1. The molecule has 18 heavy (non-hydrogen) atoms. The Hall–Kier alpha value is -1.84. The number of hydrogen-bond acceptors (Lipinski definition) is 2. The van der Waals surface area contributed by atoms with E-state index in [0.717, 1.165) is 24.1 Å². The number of nitrogens with one attached hydrogen (secondary N) is 1. The molecule has 0 aromatic heterocycles. The first-order chi connectivity index (χ1) is 8.47. The zero-order valence-electron chi connectivity index (χ0n) is 10.6. The van der Waals surface area contributed by atoms with Gasteiger partial charge in [0.2, 0.25) is 5.91 Å². The van der Waals surface area contributed by atoms with E-state index in [1.807, 2.05) is 18.2 Å². The van der Waals surface area contributed by atoms with Gasteiger partial charge in [-0.1, -0.05) is 13.0 Å². The van der Waals surface area contributed by atoms with E-state index in [0.29, 0.717) is 0 Å². The zero-order chi connectivity index (χ0) is 13.3. The lowest BCUT2D eigenvalue weighted by Gasteiger charge is -2.13. The topological polar surface area (TPSA) is 66.4 Å². The Morgan fingerprint density at radius 2 is 2.00 bits per heavy atom. The Labute approximate surface area is 106 Å². The minimum atomic E-state index is -0.741. The molecule has 1 aromatic rings. The highest BCUT2D eigenvalue weighted by Crippen LogP contribution is 2.33. The van der Waals surface area contributed by atoms with E-state index >= 15 is 0 Å². The molecule has 0 aliphatic heterocycles. The first-order valence-electron chi connectivity index (χ1n) is 6.09. The van der Waals surface area contributed by atoms with Crippen LogP contribution in [0.15, 0.2) is 18.2 Å². The second kappa shape index (κ2) is 4.80. The number of amides is 1. The molecule has 0 saturated carbocycles. The Bertz CT molecular complexity index is 496. The van der Waals surface area contributed by atoms with Crippen LogP contribution in [0, 0.1) is 11.8 Å². The fraction of sp³-hybridized carbons (Fsp3) is 0.429. The van der Waals surface area contributed by atoms with Crippen LogP contribution >= 0.6 is 0 Å². The summed E-state index contributed by atoms with van der Waals surface area (Å²) in [6, 6.07) is 5.80. The van der Waals surface area contributed by atoms with E-state index in [2.05, 4.69) is 5.32 Å². The van der Waals surface area contributed by atoms with Crippen molar-refractivity contribution in [2.24, 2.45) is 11.8 Å². The van der Waals surface area contributed by atoms with Crippen molar-refractivity contribution < 1.29 is 14.7 Å².